The smallest absolute Gasteiger partial charge is 0.128 e. The maximum absolute atomic E-state index is 11.0. The molecule has 13 heavy (non-hydrogen) atoms. The lowest BCUT2D eigenvalue weighted by molar-refractivity contribution is -0.127. The van der Waals surface area contributed by atoms with Crippen LogP contribution in [0.25, 0.3) is 0 Å². The topological polar surface area (TPSA) is 35.5 Å². The number of aldehydes is 1. The maximum Gasteiger partial charge on any atom is 0.128 e. The summed E-state index contributed by atoms with van der Waals surface area (Å²) in [6, 6.07) is 0. The molecule has 76 valence electrons. The minimum atomic E-state index is -0.284. The summed E-state index contributed by atoms with van der Waals surface area (Å²) in [5.74, 6) is 0. The van der Waals surface area contributed by atoms with Gasteiger partial charge in [0, 0.05) is 13.7 Å². The molecule has 0 aromatic heterocycles. The minimum Gasteiger partial charge on any atom is -0.382 e. The van der Waals surface area contributed by atoms with E-state index in [1.165, 1.54) is 0 Å². The first-order valence-electron chi connectivity index (χ1n) is 4.79. The number of ether oxygens (including phenoxy) is 2. The molecule has 1 saturated heterocycles. The third-order valence-corrected chi connectivity index (χ3v) is 2.70. The van der Waals surface area contributed by atoms with E-state index in [2.05, 4.69) is 0 Å². The van der Waals surface area contributed by atoms with Gasteiger partial charge in [-0.3, -0.25) is 0 Å². The van der Waals surface area contributed by atoms with E-state index in [1.807, 2.05) is 6.92 Å². The van der Waals surface area contributed by atoms with Gasteiger partial charge >= 0.3 is 0 Å². The molecule has 2 atom stereocenters. The molecule has 0 amide bonds. The summed E-state index contributed by atoms with van der Waals surface area (Å²) < 4.78 is 10.5. The van der Waals surface area contributed by atoms with Crippen LogP contribution in [0.1, 0.15) is 26.2 Å². The van der Waals surface area contributed by atoms with Crippen LogP contribution in [0.2, 0.25) is 0 Å². The van der Waals surface area contributed by atoms with Crippen molar-refractivity contribution in [2.45, 2.75) is 32.3 Å². The Hall–Kier alpha value is -0.410. The van der Waals surface area contributed by atoms with Gasteiger partial charge in [-0.2, -0.15) is 0 Å². The summed E-state index contributed by atoms with van der Waals surface area (Å²) in [6.07, 6.45) is 3.86. The predicted molar refractivity (Wildman–Crippen MR) is 49.6 cm³/mol. The van der Waals surface area contributed by atoms with Gasteiger partial charge in [0.1, 0.15) is 6.29 Å². The Kier molecular flexibility index (Phi) is 3.88. The Morgan fingerprint density at radius 3 is 2.92 bits per heavy atom. The van der Waals surface area contributed by atoms with Gasteiger partial charge in [-0.15, -0.1) is 0 Å². The molecular weight excluding hydrogens is 168 g/mol. The monoisotopic (exact) mass is 186 g/mol. The number of hydrogen-bond acceptors (Lipinski definition) is 3. The average molecular weight is 186 g/mol. The van der Waals surface area contributed by atoms with Crippen molar-refractivity contribution in [1.82, 2.24) is 0 Å². The summed E-state index contributed by atoms with van der Waals surface area (Å²) in [4.78, 5) is 11.0. The van der Waals surface area contributed by atoms with Crippen LogP contribution in [-0.4, -0.2) is 32.7 Å². The third kappa shape index (κ3) is 2.78. The lowest BCUT2D eigenvalue weighted by atomic mass is 9.79. The van der Waals surface area contributed by atoms with Crippen molar-refractivity contribution in [3.05, 3.63) is 0 Å². The van der Waals surface area contributed by atoms with Gasteiger partial charge < -0.3 is 14.3 Å². The minimum absolute atomic E-state index is 0.131. The molecule has 1 aliphatic rings. The molecule has 0 saturated carbocycles. The molecule has 0 spiro atoms. The highest BCUT2D eigenvalue weighted by Crippen LogP contribution is 2.31. The predicted octanol–water partition coefficient (Wildman–Crippen LogP) is 1.41. The summed E-state index contributed by atoms with van der Waals surface area (Å²) in [5.41, 5.74) is -0.284. The van der Waals surface area contributed by atoms with Crippen molar-refractivity contribution >= 4 is 6.29 Å². The molecule has 3 heteroatoms. The zero-order valence-electron chi connectivity index (χ0n) is 8.41. The SMILES string of the molecule is COC(C)CC1(C=O)CCCOC1. The van der Waals surface area contributed by atoms with Crippen molar-refractivity contribution in [2.24, 2.45) is 5.41 Å². The first-order chi connectivity index (χ1) is 6.22. The highest BCUT2D eigenvalue weighted by atomic mass is 16.5. The molecule has 3 nitrogen and oxygen atoms in total. The van der Waals surface area contributed by atoms with Crippen molar-refractivity contribution in [2.75, 3.05) is 20.3 Å². The fourth-order valence-electron chi connectivity index (χ4n) is 1.83. The first kappa shape index (κ1) is 10.7. The normalized spacial score (nSPS) is 31.2. The van der Waals surface area contributed by atoms with Gasteiger partial charge in [-0.05, 0) is 26.2 Å². The Bertz CT molecular complexity index is 162. The van der Waals surface area contributed by atoms with E-state index in [-0.39, 0.29) is 11.5 Å². The molecule has 0 aromatic rings. The molecule has 0 N–H and O–H groups in total. The quantitative estimate of drug-likeness (QED) is 0.623. The largest absolute Gasteiger partial charge is 0.382 e. The lowest BCUT2D eigenvalue weighted by Gasteiger charge is -2.33. The van der Waals surface area contributed by atoms with E-state index in [4.69, 9.17) is 9.47 Å². The Morgan fingerprint density at radius 1 is 1.69 bits per heavy atom. The van der Waals surface area contributed by atoms with E-state index in [0.29, 0.717) is 6.61 Å². The zero-order valence-corrected chi connectivity index (χ0v) is 8.41. The van der Waals surface area contributed by atoms with Gasteiger partial charge in [0.05, 0.1) is 18.1 Å². The fraction of sp³-hybridized carbons (Fsp3) is 0.900. The Morgan fingerprint density at radius 2 is 2.46 bits per heavy atom. The highest BCUT2D eigenvalue weighted by Gasteiger charge is 2.34. The second kappa shape index (κ2) is 4.72. The van der Waals surface area contributed by atoms with Crippen molar-refractivity contribution < 1.29 is 14.3 Å². The molecule has 0 radical (unpaired) electrons. The molecular formula is C10H18O3. The van der Waals surface area contributed by atoms with Crippen LogP contribution in [-0.2, 0) is 14.3 Å². The Balaban J connectivity index is 2.52. The van der Waals surface area contributed by atoms with Crippen LogP contribution < -0.4 is 0 Å². The first-order valence-corrected chi connectivity index (χ1v) is 4.79. The molecule has 0 bridgehead atoms. The van der Waals surface area contributed by atoms with Crippen LogP contribution in [0.4, 0.5) is 0 Å². The van der Waals surface area contributed by atoms with E-state index >= 15 is 0 Å². The van der Waals surface area contributed by atoms with E-state index in [1.54, 1.807) is 7.11 Å². The molecule has 2 unspecified atom stereocenters. The molecule has 1 rings (SSSR count). The second-order valence-electron chi connectivity index (χ2n) is 3.89. The van der Waals surface area contributed by atoms with E-state index < -0.39 is 0 Å². The van der Waals surface area contributed by atoms with Crippen LogP contribution in [0.3, 0.4) is 0 Å². The summed E-state index contributed by atoms with van der Waals surface area (Å²) in [5, 5.41) is 0. The van der Waals surface area contributed by atoms with Crippen molar-refractivity contribution in [3.63, 3.8) is 0 Å². The highest BCUT2D eigenvalue weighted by molar-refractivity contribution is 5.59. The van der Waals surface area contributed by atoms with Crippen LogP contribution in [0.5, 0.6) is 0 Å². The fourth-order valence-corrected chi connectivity index (χ4v) is 1.83. The Labute approximate surface area is 79.4 Å². The average Bonchev–Trinajstić information content (AvgIpc) is 2.19. The van der Waals surface area contributed by atoms with Crippen LogP contribution >= 0.6 is 0 Å². The van der Waals surface area contributed by atoms with Gasteiger partial charge in [0.25, 0.3) is 0 Å². The number of rotatable bonds is 4. The molecule has 0 aliphatic carbocycles. The van der Waals surface area contributed by atoms with Crippen molar-refractivity contribution in [3.8, 4) is 0 Å². The lowest BCUT2D eigenvalue weighted by Crippen LogP contribution is -2.36. The molecule has 1 heterocycles. The maximum atomic E-state index is 11.0. The molecule has 0 aromatic carbocycles. The molecule has 1 aliphatic heterocycles. The van der Waals surface area contributed by atoms with E-state index in [0.717, 1.165) is 32.2 Å². The van der Waals surface area contributed by atoms with Crippen LogP contribution in [0, 0.1) is 5.41 Å². The van der Waals surface area contributed by atoms with E-state index in [9.17, 15) is 4.79 Å². The summed E-state index contributed by atoms with van der Waals surface area (Å²) in [7, 11) is 1.67. The number of hydrogen-bond donors (Lipinski definition) is 0. The molecule has 1 fully saturated rings. The van der Waals surface area contributed by atoms with Gasteiger partial charge in [-0.25, -0.2) is 0 Å². The number of methoxy groups -OCH3 is 1. The number of carbonyl (C=O) groups excluding carboxylic acids is 1. The summed E-state index contributed by atoms with van der Waals surface area (Å²) in [6.45, 7) is 3.33. The van der Waals surface area contributed by atoms with Crippen LogP contribution in [0.15, 0.2) is 0 Å². The van der Waals surface area contributed by atoms with Gasteiger partial charge in [0.2, 0.25) is 0 Å². The van der Waals surface area contributed by atoms with Gasteiger partial charge in [-0.1, -0.05) is 0 Å². The van der Waals surface area contributed by atoms with Gasteiger partial charge in [0.15, 0.2) is 0 Å². The zero-order chi connectivity index (χ0) is 9.73. The standard InChI is InChI=1S/C10H18O3/c1-9(12-2)6-10(7-11)4-3-5-13-8-10/h7,9H,3-6,8H2,1-2H3. The van der Waals surface area contributed by atoms with Crippen molar-refractivity contribution in [1.29, 1.82) is 0 Å². The summed E-state index contributed by atoms with van der Waals surface area (Å²) >= 11 is 0. The number of carbonyl (C=O) groups is 1. The second-order valence-corrected chi connectivity index (χ2v) is 3.89. The third-order valence-electron chi connectivity index (χ3n) is 2.70.